The summed E-state index contributed by atoms with van der Waals surface area (Å²) in [4.78, 5) is 4.11. The van der Waals surface area contributed by atoms with Crippen molar-refractivity contribution in [3.05, 3.63) is 29.8 Å². The summed E-state index contributed by atoms with van der Waals surface area (Å²) >= 11 is 0. The van der Waals surface area contributed by atoms with Gasteiger partial charge < -0.3 is 20.9 Å². The monoisotopic (exact) mass is 421 g/mol. The number of aliphatic imine (C=N–C) groups is 1. The fraction of sp³-hybridized carbons (Fsp3) is 0.562. The standard InChI is InChI=1S/C16H27N3O2.HI/c1-4-13-5-7-14(8-6-13)19-16(17)18-9-15(20)11-21-10-12(2)3;/h5-8,12,15,20H,4,9-11H2,1-3H3,(H3,17,18,19);1H. The predicted octanol–water partition coefficient (Wildman–Crippen LogP) is 2.63. The quantitative estimate of drug-likeness (QED) is 0.343. The van der Waals surface area contributed by atoms with Crippen molar-refractivity contribution in [1.82, 2.24) is 0 Å². The van der Waals surface area contributed by atoms with Crippen molar-refractivity contribution in [2.45, 2.75) is 33.3 Å². The number of aryl methyl sites for hydroxylation is 1. The first-order valence-corrected chi connectivity index (χ1v) is 7.43. The number of hydrogen-bond acceptors (Lipinski definition) is 3. The van der Waals surface area contributed by atoms with E-state index in [1.165, 1.54) is 5.56 Å². The maximum atomic E-state index is 9.73. The molecule has 0 saturated carbocycles. The third kappa shape index (κ3) is 9.22. The molecule has 0 radical (unpaired) electrons. The Bertz CT molecular complexity index is 436. The summed E-state index contributed by atoms with van der Waals surface area (Å²) < 4.78 is 5.35. The van der Waals surface area contributed by atoms with Crippen molar-refractivity contribution in [3.63, 3.8) is 0 Å². The Balaban J connectivity index is 0.00000441. The molecule has 1 rings (SSSR count). The number of aliphatic hydroxyl groups excluding tert-OH is 1. The second kappa shape index (κ2) is 11.7. The molecule has 0 aromatic heterocycles. The third-order valence-electron chi connectivity index (χ3n) is 2.87. The van der Waals surface area contributed by atoms with Crippen molar-refractivity contribution in [2.24, 2.45) is 16.6 Å². The molecule has 0 bridgehead atoms. The van der Waals surface area contributed by atoms with Gasteiger partial charge in [-0.25, -0.2) is 0 Å². The van der Waals surface area contributed by atoms with Crippen LogP contribution in [0.2, 0.25) is 0 Å². The Hall–Kier alpha value is -0.860. The smallest absolute Gasteiger partial charge is 0.193 e. The molecular formula is C16H28IN3O2. The van der Waals surface area contributed by atoms with Crippen LogP contribution in [-0.2, 0) is 11.2 Å². The highest BCUT2D eigenvalue weighted by atomic mass is 127. The van der Waals surface area contributed by atoms with Crippen molar-refractivity contribution >= 4 is 35.6 Å². The van der Waals surface area contributed by atoms with Crippen molar-refractivity contribution in [3.8, 4) is 0 Å². The van der Waals surface area contributed by atoms with Crippen LogP contribution in [0.1, 0.15) is 26.3 Å². The zero-order valence-electron chi connectivity index (χ0n) is 13.6. The number of benzene rings is 1. The molecule has 0 aliphatic carbocycles. The summed E-state index contributed by atoms with van der Waals surface area (Å²) in [6, 6.07) is 8.02. The number of anilines is 1. The van der Waals surface area contributed by atoms with Crippen molar-refractivity contribution < 1.29 is 9.84 Å². The molecule has 6 heteroatoms. The second-order valence-corrected chi connectivity index (χ2v) is 5.49. The summed E-state index contributed by atoms with van der Waals surface area (Å²) in [5.74, 6) is 0.751. The number of hydrogen-bond donors (Lipinski definition) is 3. The van der Waals surface area contributed by atoms with Crippen molar-refractivity contribution in [2.75, 3.05) is 25.1 Å². The Morgan fingerprint density at radius 2 is 1.91 bits per heavy atom. The summed E-state index contributed by atoms with van der Waals surface area (Å²) in [5, 5.41) is 12.7. The minimum absolute atomic E-state index is 0. The van der Waals surface area contributed by atoms with E-state index in [0.29, 0.717) is 18.5 Å². The van der Waals surface area contributed by atoms with Crippen LogP contribution in [0.25, 0.3) is 0 Å². The zero-order chi connectivity index (χ0) is 15.7. The van der Waals surface area contributed by atoms with Crippen LogP contribution in [-0.4, -0.2) is 36.9 Å². The number of halogens is 1. The molecule has 1 atom stereocenters. The third-order valence-corrected chi connectivity index (χ3v) is 2.87. The number of rotatable bonds is 8. The first kappa shape index (κ1) is 21.1. The zero-order valence-corrected chi connectivity index (χ0v) is 15.9. The van der Waals surface area contributed by atoms with Gasteiger partial charge in [0.2, 0.25) is 0 Å². The normalized spacial score (nSPS) is 12.9. The van der Waals surface area contributed by atoms with Crippen LogP contribution in [0, 0.1) is 5.92 Å². The Labute approximate surface area is 150 Å². The Kier molecular flexibility index (Phi) is 11.2. The van der Waals surface area contributed by atoms with Crippen LogP contribution < -0.4 is 11.1 Å². The molecule has 0 amide bonds. The Morgan fingerprint density at radius 1 is 1.27 bits per heavy atom. The first-order valence-electron chi connectivity index (χ1n) is 7.43. The topological polar surface area (TPSA) is 79.9 Å². The maximum absolute atomic E-state index is 9.73. The van der Waals surface area contributed by atoms with Gasteiger partial charge in [0.05, 0.1) is 19.3 Å². The van der Waals surface area contributed by atoms with E-state index in [2.05, 4.69) is 31.1 Å². The van der Waals surface area contributed by atoms with Gasteiger partial charge >= 0.3 is 0 Å². The van der Waals surface area contributed by atoms with E-state index in [4.69, 9.17) is 10.5 Å². The van der Waals surface area contributed by atoms with Gasteiger partial charge in [0, 0.05) is 12.3 Å². The summed E-state index contributed by atoms with van der Waals surface area (Å²) in [6.07, 6.45) is 0.374. The lowest BCUT2D eigenvalue weighted by atomic mass is 10.1. The van der Waals surface area contributed by atoms with Gasteiger partial charge in [-0.1, -0.05) is 32.9 Å². The molecule has 22 heavy (non-hydrogen) atoms. The highest BCUT2D eigenvalue weighted by Crippen LogP contribution is 2.09. The first-order chi connectivity index (χ1) is 10.0. The lowest BCUT2D eigenvalue weighted by molar-refractivity contribution is 0.0302. The van der Waals surface area contributed by atoms with Crippen LogP contribution >= 0.6 is 24.0 Å². The van der Waals surface area contributed by atoms with Gasteiger partial charge in [0.15, 0.2) is 5.96 Å². The van der Waals surface area contributed by atoms with E-state index >= 15 is 0 Å². The average Bonchev–Trinajstić information content (AvgIpc) is 2.45. The number of aliphatic hydroxyl groups is 1. The average molecular weight is 421 g/mol. The number of nitrogens with two attached hydrogens (primary N) is 1. The van der Waals surface area contributed by atoms with Gasteiger partial charge in [0.1, 0.15) is 0 Å². The molecule has 0 saturated heterocycles. The van der Waals surface area contributed by atoms with Gasteiger partial charge in [-0.3, -0.25) is 4.99 Å². The highest BCUT2D eigenvalue weighted by molar-refractivity contribution is 14.0. The second-order valence-electron chi connectivity index (χ2n) is 5.49. The fourth-order valence-corrected chi connectivity index (χ4v) is 1.71. The van der Waals surface area contributed by atoms with E-state index < -0.39 is 6.10 Å². The number of nitrogens with one attached hydrogen (secondary N) is 1. The van der Waals surface area contributed by atoms with Gasteiger partial charge in [-0.05, 0) is 30.0 Å². The predicted molar refractivity (Wildman–Crippen MR) is 103 cm³/mol. The van der Waals surface area contributed by atoms with Gasteiger partial charge in [0.25, 0.3) is 0 Å². The molecule has 1 unspecified atom stereocenters. The molecule has 1 aromatic rings. The molecule has 5 nitrogen and oxygen atoms in total. The molecule has 126 valence electrons. The minimum atomic E-state index is -0.633. The Morgan fingerprint density at radius 3 is 2.45 bits per heavy atom. The van der Waals surface area contributed by atoms with Crippen LogP contribution in [0.5, 0.6) is 0 Å². The fourth-order valence-electron chi connectivity index (χ4n) is 1.71. The summed E-state index contributed by atoms with van der Waals surface area (Å²) in [7, 11) is 0. The van der Waals surface area contributed by atoms with Crippen LogP contribution in [0.4, 0.5) is 5.69 Å². The number of guanidine groups is 1. The van der Waals surface area contributed by atoms with Crippen molar-refractivity contribution in [1.29, 1.82) is 0 Å². The number of nitrogens with zero attached hydrogens (tertiary/aromatic N) is 1. The van der Waals surface area contributed by atoms with E-state index in [-0.39, 0.29) is 37.1 Å². The molecule has 0 aliphatic rings. The van der Waals surface area contributed by atoms with E-state index in [0.717, 1.165) is 12.1 Å². The molecule has 0 spiro atoms. The molecule has 4 N–H and O–H groups in total. The largest absolute Gasteiger partial charge is 0.389 e. The van der Waals surface area contributed by atoms with E-state index in [9.17, 15) is 5.11 Å². The summed E-state index contributed by atoms with van der Waals surface area (Å²) in [5.41, 5.74) is 7.95. The van der Waals surface area contributed by atoms with E-state index in [1.54, 1.807) is 0 Å². The SMILES string of the molecule is CCc1ccc(NC(N)=NCC(O)COCC(C)C)cc1.I. The van der Waals surface area contributed by atoms with Crippen LogP contribution in [0.15, 0.2) is 29.3 Å². The molecular weight excluding hydrogens is 393 g/mol. The summed E-state index contributed by atoms with van der Waals surface area (Å²) in [6.45, 7) is 7.38. The lowest BCUT2D eigenvalue weighted by Gasteiger charge is -2.11. The maximum Gasteiger partial charge on any atom is 0.193 e. The van der Waals surface area contributed by atoms with Gasteiger partial charge in [-0.2, -0.15) is 0 Å². The molecule has 0 heterocycles. The minimum Gasteiger partial charge on any atom is -0.389 e. The van der Waals surface area contributed by atoms with Gasteiger partial charge in [-0.15, -0.1) is 24.0 Å². The lowest BCUT2D eigenvalue weighted by Crippen LogP contribution is -2.26. The molecule has 0 fully saturated rings. The highest BCUT2D eigenvalue weighted by Gasteiger charge is 2.04. The molecule has 1 aromatic carbocycles. The number of ether oxygens (including phenoxy) is 1. The molecule has 0 aliphatic heterocycles. The van der Waals surface area contributed by atoms with E-state index in [1.807, 2.05) is 24.3 Å². The van der Waals surface area contributed by atoms with Crippen LogP contribution in [0.3, 0.4) is 0 Å².